The van der Waals surface area contributed by atoms with Crippen LogP contribution >= 0.6 is 0 Å². The van der Waals surface area contributed by atoms with Crippen molar-refractivity contribution >= 4 is 82.4 Å². The Bertz CT molecular complexity index is 2500. The van der Waals surface area contributed by atoms with Crippen molar-refractivity contribution in [1.29, 1.82) is 0 Å². The minimum Gasteiger partial charge on any atom is -0.507 e. The van der Waals surface area contributed by atoms with Crippen LogP contribution in [0.15, 0.2) is 119 Å². The molecule has 0 heterocycles. The van der Waals surface area contributed by atoms with Gasteiger partial charge in [-0.1, -0.05) is 24.3 Å². The Morgan fingerprint density at radius 3 is 1.23 bits per heavy atom. The first-order chi connectivity index (χ1) is 24.5. The van der Waals surface area contributed by atoms with E-state index in [1.807, 2.05) is 0 Å². The molecule has 15 nitrogen and oxygen atoms in total. The van der Waals surface area contributed by atoms with Gasteiger partial charge in [0.25, 0.3) is 32.1 Å². The molecule has 0 radical (unpaired) electrons. The molecule has 0 atom stereocenters. The Labute approximate surface area is 295 Å². The van der Waals surface area contributed by atoms with Gasteiger partial charge in [-0.2, -0.15) is 16.8 Å². The Kier molecular flexibility index (Phi) is 9.26. The number of hydrogen-bond donors (Lipinski definition) is 8. The number of hydrogen-bond acceptors (Lipinski definition) is 9. The number of aromatic hydroxyl groups is 2. The molecular formula is C35H26N4O11S2. The monoisotopic (exact) mass is 742 g/mol. The highest BCUT2D eigenvalue weighted by atomic mass is 32.2. The maximum absolute atomic E-state index is 13.0. The molecule has 17 heteroatoms. The summed E-state index contributed by atoms with van der Waals surface area (Å²) in [6.45, 7) is 0. The normalized spacial score (nSPS) is 11.6. The van der Waals surface area contributed by atoms with Crippen LogP contribution in [0.2, 0.25) is 0 Å². The standard InChI is InChI=1S/C35H26N4O11S2/c40-31-17-27(51(45,46)47)13-19-7-9-25(15-29(19)31)36-33(42)21-3-1-5-23(11-21)38-35(44)39-24-6-2-4-22(12-24)34(43)37-26-10-8-20-14-28(52(48,49)50)18-32(41)30(20)16-26/h1-18,40-41H,(H,36,42)(H,37,43)(H2,38,39,44)(H,45,46,47)(H,48,49,50). The van der Waals surface area contributed by atoms with Crippen LogP contribution in [0.3, 0.4) is 0 Å². The van der Waals surface area contributed by atoms with E-state index < -0.39 is 59.4 Å². The molecule has 52 heavy (non-hydrogen) atoms. The Morgan fingerprint density at radius 1 is 0.462 bits per heavy atom. The molecule has 6 aromatic carbocycles. The van der Waals surface area contributed by atoms with E-state index in [1.54, 1.807) is 24.3 Å². The number of amides is 4. The lowest BCUT2D eigenvalue weighted by Crippen LogP contribution is -2.20. The highest BCUT2D eigenvalue weighted by molar-refractivity contribution is 7.86. The summed E-state index contributed by atoms with van der Waals surface area (Å²) < 4.78 is 64.4. The van der Waals surface area contributed by atoms with Gasteiger partial charge in [-0.3, -0.25) is 18.7 Å². The van der Waals surface area contributed by atoms with Gasteiger partial charge in [-0.15, -0.1) is 0 Å². The van der Waals surface area contributed by atoms with E-state index in [0.29, 0.717) is 10.8 Å². The topological polar surface area (TPSA) is 249 Å². The highest BCUT2D eigenvalue weighted by Gasteiger charge is 2.17. The molecule has 8 N–H and O–H groups in total. The van der Waals surface area contributed by atoms with Gasteiger partial charge in [0.2, 0.25) is 0 Å². The van der Waals surface area contributed by atoms with Crippen molar-refractivity contribution in [2.45, 2.75) is 9.79 Å². The predicted octanol–water partition coefficient (Wildman–Crippen LogP) is 6.05. The van der Waals surface area contributed by atoms with Crippen LogP contribution in [0.1, 0.15) is 20.7 Å². The minimum atomic E-state index is -4.54. The number of nitrogens with one attached hydrogen (secondary N) is 4. The number of urea groups is 1. The van der Waals surface area contributed by atoms with Gasteiger partial charge in [0, 0.05) is 56.8 Å². The smallest absolute Gasteiger partial charge is 0.323 e. The van der Waals surface area contributed by atoms with Gasteiger partial charge in [-0.05, 0) is 83.6 Å². The van der Waals surface area contributed by atoms with Crippen molar-refractivity contribution in [2.75, 3.05) is 21.3 Å². The average Bonchev–Trinajstić information content (AvgIpc) is 3.08. The number of carbonyl (C=O) groups is 3. The third-order valence-corrected chi connectivity index (χ3v) is 9.35. The molecule has 4 amide bonds. The minimum absolute atomic E-state index is 0.170. The van der Waals surface area contributed by atoms with Gasteiger partial charge >= 0.3 is 6.03 Å². The molecule has 0 spiro atoms. The van der Waals surface area contributed by atoms with Crippen molar-refractivity contribution in [3.05, 3.63) is 120 Å². The zero-order valence-electron chi connectivity index (χ0n) is 26.4. The molecule has 0 saturated carbocycles. The zero-order valence-corrected chi connectivity index (χ0v) is 28.0. The number of phenolic OH excluding ortho intramolecular Hbond substituents is 2. The number of carbonyl (C=O) groups excluding carboxylic acids is 3. The third kappa shape index (κ3) is 7.92. The number of phenols is 2. The molecule has 0 saturated heterocycles. The Morgan fingerprint density at radius 2 is 0.846 bits per heavy atom. The third-order valence-electron chi connectivity index (χ3n) is 7.69. The van der Waals surface area contributed by atoms with Crippen molar-refractivity contribution in [3.8, 4) is 11.5 Å². The fourth-order valence-electron chi connectivity index (χ4n) is 5.25. The molecule has 0 aliphatic heterocycles. The van der Waals surface area contributed by atoms with E-state index in [0.717, 1.165) is 12.1 Å². The summed E-state index contributed by atoms with van der Waals surface area (Å²) in [6, 6.07) is 24.2. The summed E-state index contributed by atoms with van der Waals surface area (Å²) >= 11 is 0. The fourth-order valence-corrected chi connectivity index (χ4v) is 6.33. The van der Waals surface area contributed by atoms with Gasteiger partial charge in [0.1, 0.15) is 11.5 Å². The van der Waals surface area contributed by atoms with Gasteiger partial charge in [-0.25, -0.2) is 4.79 Å². The second kappa shape index (κ2) is 13.6. The predicted molar refractivity (Wildman–Crippen MR) is 192 cm³/mol. The second-order valence-corrected chi connectivity index (χ2v) is 14.2. The van der Waals surface area contributed by atoms with E-state index in [2.05, 4.69) is 21.3 Å². The number of rotatable bonds is 8. The summed E-state index contributed by atoms with van der Waals surface area (Å²) in [4.78, 5) is 37.9. The Hall–Kier alpha value is -6.53. The molecular weight excluding hydrogens is 717 g/mol. The van der Waals surface area contributed by atoms with Crippen molar-refractivity contribution in [1.82, 2.24) is 0 Å². The van der Waals surface area contributed by atoms with E-state index in [9.17, 15) is 50.5 Å². The van der Waals surface area contributed by atoms with Crippen molar-refractivity contribution in [2.24, 2.45) is 0 Å². The molecule has 0 unspecified atom stereocenters. The molecule has 6 aromatic rings. The number of anilines is 4. The largest absolute Gasteiger partial charge is 0.507 e. The summed E-state index contributed by atoms with van der Waals surface area (Å²) in [5.41, 5.74) is 1.42. The van der Waals surface area contributed by atoms with Crippen molar-refractivity contribution < 1.29 is 50.5 Å². The molecule has 0 aliphatic carbocycles. The molecule has 6 rings (SSSR count). The first-order valence-electron chi connectivity index (χ1n) is 14.9. The number of fused-ring (bicyclic) bond motifs is 2. The lowest BCUT2D eigenvalue weighted by atomic mass is 10.1. The first kappa shape index (κ1) is 35.3. The average molecular weight is 743 g/mol. The quantitative estimate of drug-likeness (QED) is 0.0834. The molecule has 264 valence electrons. The zero-order chi connectivity index (χ0) is 37.4. The maximum atomic E-state index is 13.0. The fraction of sp³-hybridized carbons (Fsp3) is 0. The van der Waals surface area contributed by atoms with E-state index in [1.165, 1.54) is 72.8 Å². The van der Waals surface area contributed by atoms with E-state index in [4.69, 9.17) is 0 Å². The van der Waals surface area contributed by atoms with Gasteiger partial charge in [0.15, 0.2) is 0 Å². The molecule has 0 aliphatic rings. The lowest BCUT2D eigenvalue weighted by molar-refractivity contribution is 0.101. The van der Waals surface area contributed by atoms with E-state index in [-0.39, 0.29) is 44.6 Å². The van der Waals surface area contributed by atoms with E-state index >= 15 is 0 Å². The van der Waals surface area contributed by atoms with Crippen LogP contribution in [0.5, 0.6) is 11.5 Å². The SMILES string of the molecule is O=C(Nc1cccc(C(=O)Nc2ccc3cc(S(=O)(=O)O)cc(O)c3c2)c1)Nc1cccc(C(=O)Nc2ccc3cc(S(=O)(=O)O)cc(O)c3c2)c1. The van der Waals surface area contributed by atoms with Crippen LogP contribution in [0.25, 0.3) is 21.5 Å². The van der Waals surface area contributed by atoms with Gasteiger partial charge < -0.3 is 31.5 Å². The second-order valence-electron chi connectivity index (χ2n) is 11.4. The van der Waals surface area contributed by atoms with Crippen molar-refractivity contribution in [3.63, 3.8) is 0 Å². The Balaban J connectivity index is 1.09. The highest BCUT2D eigenvalue weighted by Crippen LogP contribution is 2.32. The van der Waals surface area contributed by atoms with Crippen LogP contribution in [-0.4, -0.2) is 54.0 Å². The van der Waals surface area contributed by atoms with Crippen LogP contribution in [0, 0.1) is 0 Å². The maximum Gasteiger partial charge on any atom is 0.323 e. The summed E-state index contributed by atoms with van der Waals surface area (Å²) in [7, 11) is -9.09. The van der Waals surface area contributed by atoms with Crippen LogP contribution in [0.4, 0.5) is 27.5 Å². The number of benzene rings is 6. The van der Waals surface area contributed by atoms with Crippen LogP contribution < -0.4 is 21.3 Å². The van der Waals surface area contributed by atoms with Gasteiger partial charge in [0.05, 0.1) is 9.79 Å². The summed E-state index contributed by atoms with van der Waals surface area (Å²) in [5.74, 6) is -1.95. The van der Waals surface area contributed by atoms with Crippen LogP contribution in [-0.2, 0) is 20.2 Å². The summed E-state index contributed by atoms with van der Waals surface area (Å²) in [6.07, 6.45) is 0. The molecule has 0 aromatic heterocycles. The summed E-state index contributed by atoms with van der Waals surface area (Å²) in [5, 5.41) is 32.2. The molecule has 0 fully saturated rings. The first-order valence-corrected chi connectivity index (χ1v) is 17.8. The molecule has 0 bridgehead atoms. The lowest BCUT2D eigenvalue weighted by Gasteiger charge is -2.12.